The van der Waals surface area contributed by atoms with Crippen molar-refractivity contribution in [3.8, 4) is 0 Å². The number of benzene rings is 2. The zero-order valence-electron chi connectivity index (χ0n) is 15.0. The molecule has 7 nitrogen and oxygen atoms in total. The smallest absolute Gasteiger partial charge is 0.359 e. The predicted molar refractivity (Wildman–Crippen MR) is 99.3 cm³/mol. The Bertz CT molecular complexity index is 1100. The van der Waals surface area contributed by atoms with Gasteiger partial charge < -0.3 is 10.1 Å². The summed E-state index contributed by atoms with van der Waals surface area (Å²) in [7, 11) is 0. The van der Waals surface area contributed by atoms with Crippen LogP contribution in [0.15, 0.2) is 65.5 Å². The van der Waals surface area contributed by atoms with Crippen molar-refractivity contribution in [2.45, 2.75) is 6.54 Å². The van der Waals surface area contributed by atoms with E-state index in [1.54, 1.807) is 24.3 Å². The third kappa shape index (κ3) is 5.32. The van der Waals surface area contributed by atoms with Crippen LogP contribution in [-0.2, 0) is 16.1 Å². The van der Waals surface area contributed by atoms with Crippen LogP contribution >= 0.6 is 0 Å². The molecule has 1 amide bonds. The summed E-state index contributed by atoms with van der Waals surface area (Å²) in [6.45, 7) is -0.589. The highest BCUT2D eigenvalue weighted by molar-refractivity contribution is 5.94. The number of nitrogens with one attached hydrogen (secondary N) is 1. The van der Waals surface area contributed by atoms with Gasteiger partial charge in [-0.05, 0) is 23.8 Å². The lowest BCUT2D eigenvalue weighted by Crippen LogP contribution is -2.27. The SMILES string of the molecule is O=C(COC(=O)c1ccc(=O)n(Cc2ccccc2)n1)Nc1cc(F)ccc1F. The molecule has 0 unspecified atom stereocenters. The molecule has 0 aliphatic heterocycles. The first-order valence-electron chi connectivity index (χ1n) is 8.46. The fourth-order valence-corrected chi connectivity index (χ4v) is 2.41. The van der Waals surface area contributed by atoms with Crippen molar-refractivity contribution < 1.29 is 23.1 Å². The number of rotatable bonds is 6. The second-order valence-corrected chi connectivity index (χ2v) is 5.95. The van der Waals surface area contributed by atoms with Gasteiger partial charge >= 0.3 is 5.97 Å². The summed E-state index contributed by atoms with van der Waals surface area (Å²) in [4.78, 5) is 35.9. The van der Waals surface area contributed by atoms with Crippen LogP contribution < -0.4 is 10.9 Å². The van der Waals surface area contributed by atoms with Crippen LogP contribution in [0.4, 0.5) is 14.5 Å². The predicted octanol–water partition coefficient (Wildman–Crippen LogP) is 2.37. The minimum Gasteiger partial charge on any atom is -0.451 e. The first-order valence-corrected chi connectivity index (χ1v) is 8.46. The molecule has 0 spiro atoms. The second kappa shape index (κ2) is 8.87. The van der Waals surface area contributed by atoms with Crippen LogP contribution in [-0.4, -0.2) is 28.3 Å². The van der Waals surface area contributed by atoms with E-state index >= 15 is 0 Å². The van der Waals surface area contributed by atoms with Gasteiger partial charge in [0, 0.05) is 12.1 Å². The number of aromatic nitrogens is 2. The van der Waals surface area contributed by atoms with Gasteiger partial charge in [-0.3, -0.25) is 9.59 Å². The maximum absolute atomic E-state index is 13.5. The molecular formula is C20H15F2N3O4. The summed E-state index contributed by atoms with van der Waals surface area (Å²) in [5.41, 5.74) is -0.153. The van der Waals surface area contributed by atoms with Gasteiger partial charge in [-0.25, -0.2) is 18.3 Å². The Hall–Kier alpha value is -3.88. The number of hydrogen-bond acceptors (Lipinski definition) is 5. The van der Waals surface area contributed by atoms with Crippen molar-refractivity contribution in [3.05, 3.63) is 93.9 Å². The monoisotopic (exact) mass is 399 g/mol. The molecule has 0 radical (unpaired) electrons. The lowest BCUT2D eigenvalue weighted by molar-refractivity contribution is -0.119. The molecule has 0 fully saturated rings. The highest BCUT2D eigenvalue weighted by Gasteiger charge is 2.15. The zero-order valence-corrected chi connectivity index (χ0v) is 15.0. The number of carbonyl (C=O) groups is 2. The molecule has 0 bridgehead atoms. The molecule has 1 N–H and O–H groups in total. The maximum Gasteiger partial charge on any atom is 0.359 e. The van der Waals surface area contributed by atoms with Gasteiger partial charge in [0.25, 0.3) is 11.5 Å². The van der Waals surface area contributed by atoms with Gasteiger partial charge in [0.15, 0.2) is 12.3 Å². The molecule has 1 heterocycles. The summed E-state index contributed by atoms with van der Waals surface area (Å²) < 4.78 is 32.6. The number of hydrogen-bond donors (Lipinski definition) is 1. The van der Waals surface area contributed by atoms with Crippen LogP contribution in [0.25, 0.3) is 0 Å². The average molecular weight is 399 g/mol. The van der Waals surface area contributed by atoms with E-state index in [0.717, 1.165) is 34.5 Å². The summed E-state index contributed by atoms with van der Waals surface area (Å²) in [6.07, 6.45) is 0. The molecule has 0 saturated carbocycles. The number of esters is 1. The Balaban J connectivity index is 1.63. The third-order valence-corrected chi connectivity index (χ3v) is 3.79. The number of anilines is 1. The molecule has 3 aromatic rings. The van der Waals surface area contributed by atoms with Crippen LogP contribution in [0.5, 0.6) is 0 Å². The van der Waals surface area contributed by atoms with E-state index in [4.69, 9.17) is 4.74 Å². The minimum absolute atomic E-state index is 0.153. The van der Waals surface area contributed by atoms with Gasteiger partial charge in [0.2, 0.25) is 0 Å². The number of carbonyl (C=O) groups excluding carboxylic acids is 2. The lowest BCUT2D eigenvalue weighted by Gasteiger charge is -2.09. The van der Waals surface area contributed by atoms with Crippen LogP contribution in [0.1, 0.15) is 16.1 Å². The molecule has 29 heavy (non-hydrogen) atoms. The number of nitrogens with zero attached hydrogens (tertiary/aromatic N) is 2. The third-order valence-electron chi connectivity index (χ3n) is 3.79. The minimum atomic E-state index is -0.943. The fourth-order valence-electron chi connectivity index (χ4n) is 2.41. The topological polar surface area (TPSA) is 90.3 Å². The van der Waals surface area contributed by atoms with Crippen molar-refractivity contribution in [1.82, 2.24) is 9.78 Å². The lowest BCUT2D eigenvalue weighted by atomic mass is 10.2. The zero-order chi connectivity index (χ0) is 20.8. The molecule has 0 saturated heterocycles. The average Bonchev–Trinajstić information content (AvgIpc) is 2.71. The van der Waals surface area contributed by atoms with Crippen LogP contribution in [0, 0.1) is 11.6 Å². The number of halogens is 2. The van der Waals surface area contributed by atoms with E-state index in [1.165, 1.54) is 6.07 Å². The van der Waals surface area contributed by atoms with Gasteiger partial charge in [-0.15, -0.1) is 0 Å². The molecule has 0 aliphatic rings. The Morgan fingerprint density at radius 3 is 2.55 bits per heavy atom. The van der Waals surface area contributed by atoms with Gasteiger partial charge in [0.1, 0.15) is 11.6 Å². The molecule has 0 aliphatic carbocycles. The highest BCUT2D eigenvalue weighted by Crippen LogP contribution is 2.15. The van der Waals surface area contributed by atoms with E-state index in [2.05, 4.69) is 10.4 Å². The quantitative estimate of drug-likeness (QED) is 0.643. The maximum atomic E-state index is 13.5. The number of ether oxygens (including phenoxy) is 1. The van der Waals surface area contributed by atoms with Gasteiger partial charge in [0.05, 0.1) is 12.2 Å². The van der Waals surface area contributed by atoms with Crippen LogP contribution in [0.3, 0.4) is 0 Å². The van der Waals surface area contributed by atoms with Gasteiger partial charge in [-0.2, -0.15) is 5.10 Å². The van der Waals surface area contributed by atoms with Crippen molar-refractivity contribution in [2.75, 3.05) is 11.9 Å². The standard InChI is InChI=1S/C20H15F2N3O4/c21-14-6-7-15(22)17(10-14)23-18(26)12-29-20(28)16-8-9-19(27)25(24-16)11-13-4-2-1-3-5-13/h1-10H,11-12H2,(H,23,26). The molecule has 148 valence electrons. The van der Waals surface area contributed by atoms with E-state index < -0.39 is 35.7 Å². The molecular weight excluding hydrogens is 384 g/mol. The Kier molecular flexibility index (Phi) is 6.08. The second-order valence-electron chi connectivity index (χ2n) is 5.95. The summed E-state index contributed by atoms with van der Waals surface area (Å²) in [5.74, 6) is -3.37. The Labute approximate surface area is 163 Å². The van der Waals surface area contributed by atoms with Crippen molar-refractivity contribution in [3.63, 3.8) is 0 Å². The van der Waals surface area contributed by atoms with E-state index in [0.29, 0.717) is 0 Å². The van der Waals surface area contributed by atoms with Crippen LogP contribution in [0.2, 0.25) is 0 Å². The van der Waals surface area contributed by atoms with Crippen molar-refractivity contribution in [1.29, 1.82) is 0 Å². The first kappa shape index (κ1) is 19.9. The van der Waals surface area contributed by atoms with E-state index in [9.17, 15) is 23.2 Å². The summed E-state index contributed by atoms with van der Waals surface area (Å²) in [6, 6.07) is 13.9. The largest absolute Gasteiger partial charge is 0.451 e. The number of amides is 1. The van der Waals surface area contributed by atoms with E-state index in [-0.39, 0.29) is 17.9 Å². The fraction of sp³-hybridized carbons (Fsp3) is 0.100. The van der Waals surface area contributed by atoms with E-state index in [1.807, 2.05) is 6.07 Å². The Morgan fingerprint density at radius 1 is 1.03 bits per heavy atom. The van der Waals surface area contributed by atoms with Crippen molar-refractivity contribution >= 4 is 17.6 Å². The highest BCUT2D eigenvalue weighted by atomic mass is 19.1. The molecule has 1 aromatic heterocycles. The molecule has 9 heteroatoms. The molecule has 3 rings (SSSR count). The van der Waals surface area contributed by atoms with Crippen molar-refractivity contribution in [2.24, 2.45) is 0 Å². The summed E-state index contributed by atoms with van der Waals surface area (Å²) in [5, 5.41) is 6.05. The normalized spacial score (nSPS) is 10.4. The first-order chi connectivity index (χ1) is 13.9. The summed E-state index contributed by atoms with van der Waals surface area (Å²) >= 11 is 0. The molecule has 2 aromatic carbocycles. The Morgan fingerprint density at radius 2 is 1.79 bits per heavy atom. The molecule has 0 atom stereocenters. The van der Waals surface area contributed by atoms with Gasteiger partial charge in [-0.1, -0.05) is 30.3 Å².